The highest BCUT2D eigenvalue weighted by atomic mass is 35.5. The molecule has 0 radical (unpaired) electrons. The van der Waals surface area contributed by atoms with Crippen molar-refractivity contribution in [2.24, 2.45) is 0 Å². The van der Waals surface area contributed by atoms with Crippen LogP contribution in [0.2, 0.25) is 10.0 Å². The van der Waals surface area contributed by atoms with E-state index in [0.717, 1.165) is 176 Å². The van der Waals surface area contributed by atoms with E-state index in [2.05, 4.69) is 258 Å². The van der Waals surface area contributed by atoms with Crippen LogP contribution in [-0.2, 0) is 0 Å². The number of nitrogens with zero attached hydrogens (tertiary/aromatic N) is 7. The molecule has 14 heterocycles. The van der Waals surface area contributed by atoms with Gasteiger partial charge < -0.3 is 34.9 Å². The largest absolute Gasteiger partial charge is 0.360 e. The van der Waals surface area contributed by atoms with E-state index in [4.69, 9.17) is 48.1 Å². The summed E-state index contributed by atoms with van der Waals surface area (Å²) in [5.41, 5.74) is 38.0. The van der Waals surface area contributed by atoms with Gasteiger partial charge in [-0.25, -0.2) is 43.7 Å². The Morgan fingerprint density at radius 1 is 0.192 bits per heavy atom. The van der Waals surface area contributed by atoms with Gasteiger partial charge in [0.15, 0.2) is 0 Å². The summed E-state index contributed by atoms with van der Waals surface area (Å²) in [5.74, 6) is -0.390. The number of nitrogens with one attached hydrogen (secondary N) is 7. The number of hydrogen-bond acceptors (Lipinski definition) is 7. The molecule has 14 aromatic carbocycles. The molecule has 0 aliphatic heterocycles. The summed E-state index contributed by atoms with van der Waals surface area (Å²) < 4.78 is 28.3. The number of rotatable bonds is 7. The molecule has 0 unspecified atom stereocenters. The van der Waals surface area contributed by atoms with Crippen LogP contribution >= 0.6 is 23.2 Å². The minimum Gasteiger partial charge on any atom is -0.360 e. The molecule has 7 N–H and O–H groups in total. The Morgan fingerprint density at radius 3 is 0.767 bits per heavy atom. The predicted octanol–water partition coefficient (Wildman–Crippen LogP) is 35.0. The standard InChI is InChI=1S/2C19H16N2.2C18H13ClN2.2C18H13FN2.C18H14N2/c2*1-12-9-13(2)19-15(10-12)16(11-20-19)18-8-7-14-5-3-4-6-17(14)21-18;1-11-6-8-14(19)17-13(10-20-18(11)17)16-9-7-12-4-2-3-5-15(12)21-16;1-11-8-13(19)9-14-15(10-20-18(11)14)17-7-6-12-4-2-3-5-16(12)21-17;2*1-11-6-8-13-14(10-20-18(13)17(11)19)16-9-7-12-4-2-3-5-15(12)21-16;1-12-5-4-7-14-15(11-19-18(12)14)17-10-9-13-6-2-3-8-16(13)20-17/h2*3-11,20H,1-2H3;4*2-10,20H,1H3;2-11,19H,1H3. The van der Waals surface area contributed by atoms with E-state index in [-0.39, 0.29) is 11.6 Å². The van der Waals surface area contributed by atoms with E-state index in [1.807, 2.05) is 213 Å². The number of pyridine rings is 7. The van der Waals surface area contributed by atoms with Crippen LogP contribution in [0.3, 0.4) is 0 Å². The van der Waals surface area contributed by atoms with Crippen molar-refractivity contribution >= 4 is 176 Å². The third kappa shape index (κ3) is 18.6. The predicted molar refractivity (Wildman–Crippen MR) is 606 cm³/mol. The maximum absolute atomic E-state index is 14.1. The average molecular weight is 1940 g/mol. The second kappa shape index (κ2) is 39.9. The zero-order valence-electron chi connectivity index (χ0n) is 81.6. The van der Waals surface area contributed by atoms with Gasteiger partial charge in [-0.05, 0) is 217 Å². The Labute approximate surface area is 850 Å². The fraction of sp³-hybridized carbons (Fsp3) is 0.0703. The van der Waals surface area contributed by atoms with Crippen molar-refractivity contribution < 1.29 is 8.78 Å². The number of aromatic amines is 7. The molecule has 18 heteroatoms. The van der Waals surface area contributed by atoms with Crippen LogP contribution in [0.4, 0.5) is 8.78 Å². The Kier molecular flexibility index (Phi) is 25.5. The molecule has 0 atom stereocenters. The molecule has 0 saturated carbocycles. The summed E-state index contributed by atoms with van der Waals surface area (Å²) in [5, 5.41) is 17.1. The highest BCUT2D eigenvalue weighted by Crippen LogP contribution is 2.41. The molecule has 0 fully saturated rings. The lowest BCUT2D eigenvalue weighted by molar-refractivity contribution is 0.628. The number of halogens is 4. The first-order valence-corrected chi connectivity index (χ1v) is 49.3. The summed E-state index contributed by atoms with van der Waals surface area (Å²) in [6, 6.07) is 117. The Hall–Kier alpha value is -17.8. The molecule has 14 nitrogen and oxygen atoms in total. The monoisotopic (exact) mass is 1940 g/mol. The molecule has 146 heavy (non-hydrogen) atoms. The van der Waals surface area contributed by atoms with Gasteiger partial charge in [-0.15, -0.1) is 0 Å². The topological polar surface area (TPSA) is 201 Å². The molecule has 0 saturated heterocycles. The SMILES string of the molecule is Cc1cc(C)c2[nH]cc(-c3ccc4ccccc4n3)c2c1.Cc1cc(C)c2[nH]cc(-c3ccc4ccccc4n3)c2c1.Cc1cc(Cl)cc2c(-c3ccc4ccccc4n3)c[nH]c12.Cc1ccc(Cl)c2c(-c3ccc4ccccc4n3)c[nH]c12.Cc1ccc2c(-c3ccc4ccccc4n3)c[nH]c2c1F.Cc1ccc2c(-c3ccc4ccccc4n3)c[nH]c2c1F.Cc1cccc2c(-c3ccc4ccccc4n3)c[nH]c12. The summed E-state index contributed by atoms with van der Waals surface area (Å²) in [7, 11) is 0. The molecule has 14 aromatic heterocycles. The molecular weight excluding hydrogens is 1840 g/mol. The highest BCUT2D eigenvalue weighted by molar-refractivity contribution is 6.37. The number of H-pyrrole nitrogens is 7. The molecule has 0 aliphatic carbocycles. The quantitative estimate of drug-likeness (QED) is 0.0823. The van der Waals surface area contributed by atoms with E-state index in [1.54, 1.807) is 26.0 Å². The van der Waals surface area contributed by atoms with E-state index in [9.17, 15) is 8.78 Å². The molecule has 28 rings (SSSR count). The zero-order chi connectivity index (χ0) is 99.9. The van der Waals surface area contributed by atoms with Crippen LogP contribution < -0.4 is 0 Å². The van der Waals surface area contributed by atoms with E-state index >= 15 is 0 Å². The maximum atomic E-state index is 14.1. The smallest absolute Gasteiger partial charge is 0.150 e. The average Bonchev–Trinajstić information content (AvgIpc) is 1.64. The minimum atomic E-state index is -0.195. The van der Waals surface area contributed by atoms with E-state index < -0.39 is 0 Å². The lowest BCUT2D eigenvalue weighted by atomic mass is 10.0. The van der Waals surface area contributed by atoms with Crippen molar-refractivity contribution in [3.05, 3.63) is 461 Å². The minimum absolute atomic E-state index is 0.195. The molecular formula is C128H98Cl2F2N14. The van der Waals surface area contributed by atoms with E-state index in [0.29, 0.717) is 22.2 Å². The van der Waals surface area contributed by atoms with Gasteiger partial charge in [0.25, 0.3) is 0 Å². The molecule has 28 aromatic rings. The number of benzene rings is 14. The van der Waals surface area contributed by atoms with Crippen LogP contribution in [0.5, 0.6) is 0 Å². The van der Waals surface area contributed by atoms with Gasteiger partial charge in [0.2, 0.25) is 0 Å². The van der Waals surface area contributed by atoms with Gasteiger partial charge in [-0.3, -0.25) is 0 Å². The fourth-order valence-corrected chi connectivity index (χ4v) is 20.3. The maximum Gasteiger partial charge on any atom is 0.150 e. The van der Waals surface area contributed by atoms with Crippen LogP contribution in [0.25, 0.3) is 231 Å². The van der Waals surface area contributed by atoms with Gasteiger partial charge in [-0.2, -0.15) is 0 Å². The first-order chi connectivity index (χ1) is 71.2. The highest BCUT2D eigenvalue weighted by Gasteiger charge is 2.21. The van der Waals surface area contributed by atoms with Gasteiger partial charge in [0.1, 0.15) is 11.6 Å². The summed E-state index contributed by atoms with van der Waals surface area (Å²) >= 11 is 12.6. The molecule has 0 spiro atoms. The Bertz CT molecular complexity index is 9340. The zero-order valence-corrected chi connectivity index (χ0v) is 83.1. The van der Waals surface area contributed by atoms with Crippen LogP contribution in [-0.4, -0.2) is 69.8 Å². The van der Waals surface area contributed by atoms with Crippen LogP contribution in [0.15, 0.2) is 389 Å². The first-order valence-electron chi connectivity index (χ1n) is 48.5. The number of aromatic nitrogens is 14. The lowest BCUT2D eigenvalue weighted by Gasteiger charge is -2.04. The van der Waals surface area contributed by atoms with Gasteiger partial charge in [0, 0.05) is 185 Å². The van der Waals surface area contributed by atoms with Crippen molar-refractivity contribution in [2.45, 2.75) is 62.3 Å². The second-order valence-electron chi connectivity index (χ2n) is 37.1. The van der Waals surface area contributed by atoms with Crippen molar-refractivity contribution in [3.63, 3.8) is 0 Å². The molecule has 708 valence electrons. The lowest BCUT2D eigenvalue weighted by Crippen LogP contribution is -1.86. The van der Waals surface area contributed by atoms with Crippen molar-refractivity contribution in [1.82, 2.24) is 69.8 Å². The second-order valence-corrected chi connectivity index (χ2v) is 38.0. The van der Waals surface area contributed by atoms with Crippen molar-refractivity contribution in [1.29, 1.82) is 0 Å². The number of hydrogen-bond donors (Lipinski definition) is 7. The molecule has 0 amide bonds. The van der Waals surface area contributed by atoms with E-state index in [1.165, 1.54) is 93.4 Å². The van der Waals surface area contributed by atoms with Gasteiger partial charge >= 0.3 is 0 Å². The van der Waals surface area contributed by atoms with Gasteiger partial charge in [-0.1, -0.05) is 265 Å². The summed E-state index contributed by atoms with van der Waals surface area (Å²) in [6.45, 7) is 18.3. The fourth-order valence-electron chi connectivity index (χ4n) is 19.7. The number of aryl methyl sites for hydroxylation is 9. The van der Waals surface area contributed by atoms with Crippen molar-refractivity contribution in [2.75, 3.05) is 0 Å². The molecule has 0 bridgehead atoms. The first kappa shape index (κ1) is 93.2. The number of fused-ring (bicyclic) bond motifs is 14. The molecule has 0 aliphatic rings. The van der Waals surface area contributed by atoms with Crippen LogP contribution in [0, 0.1) is 73.9 Å². The number of para-hydroxylation sites is 8. The Balaban J connectivity index is 0.0000000969. The third-order valence-electron chi connectivity index (χ3n) is 27.2. The summed E-state index contributed by atoms with van der Waals surface area (Å²) in [6.07, 6.45) is 13.8. The third-order valence-corrected chi connectivity index (χ3v) is 27.8. The summed E-state index contributed by atoms with van der Waals surface area (Å²) in [4.78, 5) is 56.1. The van der Waals surface area contributed by atoms with Gasteiger partial charge in [0.05, 0.1) is 100 Å². The van der Waals surface area contributed by atoms with Crippen molar-refractivity contribution in [3.8, 4) is 78.8 Å². The normalized spacial score (nSPS) is 11.3. The van der Waals surface area contributed by atoms with Crippen LogP contribution in [0.1, 0.15) is 50.1 Å². The Morgan fingerprint density at radius 2 is 0.438 bits per heavy atom.